The standard InChI is InChI=1S/C18H14F3NO2S/c19-18(20,21)16-5-2-1-4-15(16)17-6-3-11-22(17)14-9-7-13(8-10-14)12-25(23)24/h1-11H,12H2,(H,23,24). The zero-order valence-corrected chi connectivity index (χ0v) is 13.7. The van der Waals surface area contributed by atoms with Crippen molar-refractivity contribution in [3.8, 4) is 16.9 Å². The van der Waals surface area contributed by atoms with Gasteiger partial charge in [-0.3, -0.25) is 0 Å². The second-order valence-corrected chi connectivity index (χ2v) is 6.37. The molecule has 7 heteroatoms. The number of hydrogen-bond acceptors (Lipinski definition) is 1. The van der Waals surface area contributed by atoms with E-state index >= 15 is 0 Å². The first-order valence-electron chi connectivity index (χ1n) is 7.37. The van der Waals surface area contributed by atoms with Gasteiger partial charge in [0.15, 0.2) is 11.1 Å². The van der Waals surface area contributed by atoms with E-state index in [9.17, 15) is 17.4 Å². The number of hydrogen-bond donors (Lipinski definition) is 1. The fourth-order valence-electron chi connectivity index (χ4n) is 2.67. The first-order valence-corrected chi connectivity index (χ1v) is 8.64. The van der Waals surface area contributed by atoms with Crippen molar-refractivity contribution in [1.82, 2.24) is 4.57 Å². The summed E-state index contributed by atoms with van der Waals surface area (Å²) in [7, 11) is 0. The molecule has 3 nitrogen and oxygen atoms in total. The van der Waals surface area contributed by atoms with Crippen LogP contribution >= 0.6 is 0 Å². The maximum atomic E-state index is 13.3. The highest BCUT2D eigenvalue weighted by molar-refractivity contribution is 7.78. The van der Waals surface area contributed by atoms with Crippen molar-refractivity contribution in [2.24, 2.45) is 0 Å². The Hall–Kier alpha value is -2.38. The van der Waals surface area contributed by atoms with Gasteiger partial charge in [-0.05, 0) is 35.9 Å². The van der Waals surface area contributed by atoms with Crippen LogP contribution in [0, 0.1) is 0 Å². The van der Waals surface area contributed by atoms with E-state index in [2.05, 4.69) is 0 Å². The predicted molar refractivity (Wildman–Crippen MR) is 90.7 cm³/mol. The van der Waals surface area contributed by atoms with E-state index in [0.29, 0.717) is 16.9 Å². The van der Waals surface area contributed by atoms with Crippen molar-refractivity contribution in [1.29, 1.82) is 0 Å². The molecule has 25 heavy (non-hydrogen) atoms. The molecule has 0 spiro atoms. The summed E-state index contributed by atoms with van der Waals surface area (Å²) in [6.07, 6.45) is -2.76. The molecule has 0 saturated heterocycles. The van der Waals surface area contributed by atoms with Gasteiger partial charge in [0.1, 0.15) is 0 Å². The fraction of sp³-hybridized carbons (Fsp3) is 0.111. The molecule has 0 radical (unpaired) electrons. The number of nitrogens with zero attached hydrogens (tertiary/aromatic N) is 1. The third kappa shape index (κ3) is 3.83. The van der Waals surface area contributed by atoms with Crippen LogP contribution in [0.5, 0.6) is 0 Å². The molecule has 0 fully saturated rings. The average Bonchev–Trinajstić information content (AvgIpc) is 3.04. The van der Waals surface area contributed by atoms with Crippen molar-refractivity contribution < 1.29 is 21.9 Å². The molecule has 0 saturated carbocycles. The Balaban J connectivity index is 2.04. The third-order valence-electron chi connectivity index (χ3n) is 3.76. The maximum absolute atomic E-state index is 13.3. The molecule has 2 aromatic carbocycles. The summed E-state index contributed by atoms with van der Waals surface area (Å²) in [6.45, 7) is 0. The predicted octanol–water partition coefficient (Wildman–Crippen LogP) is 4.88. The number of alkyl halides is 3. The lowest BCUT2D eigenvalue weighted by Crippen LogP contribution is -2.08. The molecule has 1 atom stereocenters. The van der Waals surface area contributed by atoms with Gasteiger partial charge in [0.2, 0.25) is 0 Å². The molecule has 130 valence electrons. The summed E-state index contributed by atoms with van der Waals surface area (Å²) in [5.41, 5.74) is 1.17. The van der Waals surface area contributed by atoms with Gasteiger partial charge >= 0.3 is 6.18 Å². The van der Waals surface area contributed by atoms with E-state index in [1.165, 1.54) is 12.1 Å². The van der Waals surface area contributed by atoms with Gasteiger partial charge in [-0.15, -0.1) is 0 Å². The Morgan fingerprint density at radius 1 is 0.960 bits per heavy atom. The molecule has 0 aliphatic rings. The van der Waals surface area contributed by atoms with Crippen molar-refractivity contribution in [2.45, 2.75) is 11.9 Å². The van der Waals surface area contributed by atoms with Crippen LogP contribution in [-0.2, 0) is 23.0 Å². The van der Waals surface area contributed by atoms with Crippen LogP contribution < -0.4 is 0 Å². The Kier molecular flexibility index (Phi) is 4.78. The highest BCUT2D eigenvalue weighted by Gasteiger charge is 2.33. The lowest BCUT2D eigenvalue weighted by Gasteiger charge is -2.15. The summed E-state index contributed by atoms with van der Waals surface area (Å²) in [6, 6.07) is 15.5. The molecule has 0 aliphatic carbocycles. The van der Waals surface area contributed by atoms with E-state index in [1.807, 2.05) is 0 Å². The highest BCUT2D eigenvalue weighted by atomic mass is 32.2. The van der Waals surface area contributed by atoms with Crippen molar-refractivity contribution in [3.05, 3.63) is 78.0 Å². The van der Waals surface area contributed by atoms with Crippen LogP contribution in [-0.4, -0.2) is 13.3 Å². The summed E-state index contributed by atoms with van der Waals surface area (Å²) in [4.78, 5) is 0. The summed E-state index contributed by atoms with van der Waals surface area (Å²) >= 11 is -1.94. The van der Waals surface area contributed by atoms with Gasteiger partial charge in [-0.1, -0.05) is 30.3 Å². The molecule has 3 aromatic rings. The van der Waals surface area contributed by atoms with Crippen LogP contribution in [0.4, 0.5) is 13.2 Å². The van der Waals surface area contributed by atoms with Crippen LogP contribution in [0.2, 0.25) is 0 Å². The lowest BCUT2D eigenvalue weighted by molar-refractivity contribution is -0.137. The maximum Gasteiger partial charge on any atom is 0.417 e. The first kappa shape index (κ1) is 17.4. The quantitative estimate of drug-likeness (QED) is 0.669. The monoisotopic (exact) mass is 365 g/mol. The molecule has 3 rings (SSSR count). The molecule has 0 bridgehead atoms. The Morgan fingerprint density at radius 2 is 1.64 bits per heavy atom. The number of halogens is 3. The second-order valence-electron chi connectivity index (χ2n) is 5.44. The molecule has 0 amide bonds. The first-order chi connectivity index (χ1) is 11.9. The number of rotatable bonds is 4. The summed E-state index contributed by atoms with van der Waals surface area (Å²) in [5, 5.41) is 0. The fourth-order valence-corrected chi connectivity index (χ4v) is 3.15. The van der Waals surface area contributed by atoms with Crippen LogP contribution in [0.1, 0.15) is 11.1 Å². The highest BCUT2D eigenvalue weighted by Crippen LogP contribution is 2.37. The van der Waals surface area contributed by atoms with Gasteiger partial charge in [0, 0.05) is 17.4 Å². The minimum absolute atomic E-state index is 0.00965. The van der Waals surface area contributed by atoms with Crippen molar-refractivity contribution >= 4 is 11.1 Å². The van der Waals surface area contributed by atoms with E-state index in [4.69, 9.17) is 4.55 Å². The SMILES string of the molecule is O=S(O)Cc1ccc(-n2cccc2-c2ccccc2C(F)(F)F)cc1. The van der Waals surface area contributed by atoms with Crippen LogP contribution in [0.25, 0.3) is 16.9 Å². The third-order valence-corrected chi connectivity index (χ3v) is 4.34. The van der Waals surface area contributed by atoms with Gasteiger partial charge in [-0.25, -0.2) is 4.21 Å². The summed E-state index contributed by atoms with van der Waals surface area (Å²) in [5.74, 6) is 0.00965. The molecular weight excluding hydrogens is 351 g/mol. The zero-order chi connectivity index (χ0) is 18.0. The molecule has 1 heterocycles. The normalized spacial score (nSPS) is 13.0. The van der Waals surface area contributed by atoms with Gasteiger partial charge in [0.05, 0.1) is 17.0 Å². The smallest absolute Gasteiger partial charge is 0.317 e. The van der Waals surface area contributed by atoms with Crippen molar-refractivity contribution in [3.63, 3.8) is 0 Å². The van der Waals surface area contributed by atoms with Crippen LogP contribution in [0.3, 0.4) is 0 Å². The second kappa shape index (κ2) is 6.85. The minimum Gasteiger partial charge on any atom is -0.317 e. The Bertz CT molecular complexity index is 901. The van der Waals surface area contributed by atoms with Crippen molar-refractivity contribution in [2.75, 3.05) is 0 Å². The number of aromatic nitrogens is 1. The van der Waals surface area contributed by atoms with Crippen LogP contribution in [0.15, 0.2) is 66.9 Å². The van der Waals surface area contributed by atoms with E-state index in [0.717, 1.165) is 6.07 Å². The molecular formula is C18H14F3NO2S. The minimum atomic E-state index is -4.44. The molecule has 1 N–H and O–H groups in total. The lowest BCUT2D eigenvalue weighted by atomic mass is 10.0. The molecule has 1 aromatic heterocycles. The average molecular weight is 365 g/mol. The van der Waals surface area contributed by atoms with E-state index < -0.39 is 22.8 Å². The van der Waals surface area contributed by atoms with Gasteiger partial charge in [0.25, 0.3) is 0 Å². The number of benzene rings is 2. The topological polar surface area (TPSA) is 42.2 Å². The van der Waals surface area contributed by atoms with Gasteiger partial charge in [-0.2, -0.15) is 13.2 Å². The van der Waals surface area contributed by atoms with E-state index in [-0.39, 0.29) is 11.3 Å². The zero-order valence-electron chi connectivity index (χ0n) is 12.9. The van der Waals surface area contributed by atoms with Gasteiger partial charge < -0.3 is 9.12 Å². The summed E-state index contributed by atoms with van der Waals surface area (Å²) < 4.78 is 61.3. The molecule has 0 aliphatic heterocycles. The van der Waals surface area contributed by atoms with E-state index in [1.54, 1.807) is 53.2 Å². The largest absolute Gasteiger partial charge is 0.417 e. The Morgan fingerprint density at radius 3 is 2.28 bits per heavy atom. The Labute approximate surface area is 145 Å². The molecule has 1 unspecified atom stereocenters.